The Labute approximate surface area is 88.3 Å². The van der Waals surface area contributed by atoms with Gasteiger partial charge in [0.2, 0.25) is 0 Å². The summed E-state index contributed by atoms with van der Waals surface area (Å²) < 4.78 is 5.18. The SMILES string of the molecule is CC(C)(C)C1CC1c1ocnc1C(=O)O. The van der Waals surface area contributed by atoms with Crippen LogP contribution in [-0.2, 0) is 0 Å². The number of aromatic carboxylic acids is 1. The Kier molecular flexibility index (Phi) is 2.10. The molecule has 1 aromatic rings. The summed E-state index contributed by atoms with van der Waals surface area (Å²) in [6.07, 6.45) is 2.22. The van der Waals surface area contributed by atoms with Crippen LogP contribution in [0, 0.1) is 11.3 Å². The largest absolute Gasteiger partial charge is 0.476 e. The lowest BCUT2D eigenvalue weighted by molar-refractivity contribution is 0.0688. The van der Waals surface area contributed by atoms with E-state index in [4.69, 9.17) is 9.52 Å². The van der Waals surface area contributed by atoms with Crippen molar-refractivity contribution in [3.63, 3.8) is 0 Å². The molecule has 1 heterocycles. The monoisotopic (exact) mass is 209 g/mol. The summed E-state index contributed by atoms with van der Waals surface area (Å²) >= 11 is 0. The first-order valence-electron chi connectivity index (χ1n) is 5.08. The van der Waals surface area contributed by atoms with Crippen molar-refractivity contribution < 1.29 is 14.3 Å². The van der Waals surface area contributed by atoms with E-state index in [9.17, 15) is 4.79 Å². The molecule has 0 aromatic carbocycles. The smallest absolute Gasteiger partial charge is 0.358 e. The van der Waals surface area contributed by atoms with Crippen molar-refractivity contribution in [2.75, 3.05) is 0 Å². The molecule has 4 heteroatoms. The number of carboxylic acid groups (broad SMARTS) is 1. The topological polar surface area (TPSA) is 63.3 Å². The molecule has 2 unspecified atom stereocenters. The average Bonchev–Trinajstić information content (AvgIpc) is 2.75. The van der Waals surface area contributed by atoms with Crippen LogP contribution in [0.25, 0.3) is 0 Å². The highest BCUT2D eigenvalue weighted by Crippen LogP contribution is 2.57. The van der Waals surface area contributed by atoms with Crippen molar-refractivity contribution in [3.05, 3.63) is 17.8 Å². The van der Waals surface area contributed by atoms with Crippen LogP contribution in [0.5, 0.6) is 0 Å². The first kappa shape index (κ1) is 10.2. The van der Waals surface area contributed by atoms with Crippen molar-refractivity contribution >= 4 is 5.97 Å². The van der Waals surface area contributed by atoms with Gasteiger partial charge in [0.25, 0.3) is 0 Å². The van der Waals surface area contributed by atoms with Gasteiger partial charge in [-0.3, -0.25) is 0 Å². The Morgan fingerprint density at radius 1 is 1.60 bits per heavy atom. The highest BCUT2D eigenvalue weighted by atomic mass is 16.4. The van der Waals surface area contributed by atoms with E-state index in [2.05, 4.69) is 25.8 Å². The zero-order chi connectivity index (χ0) is 11.2. The summed E-state index contributed by atoms with van der Waals surface area (Å²) in [5.74, 6) is 0.280. The van der Waals surface area contributed by atoms with Crippen LogP contribution in [0.1, 0.15) is 49.4 Å². The van der Waals surface area contributed by atoms with Gasteiger partial charge in [0.15, 0.2) is 12.1 Å². The quantitative estimate of drug-likeness (QED) is 0.812. The lowest BCUT2D eigenvalue weighted by atomic mass is 9.88. The second-order valence-electron chi connectivity index (χ2n) is 5.19. The Morgan fingerprint density at radius 3 is 2.73 bits per heavy atom. The van der Waals surface area contributed by atoms with Crippen molar-refractivity contribution in [1.29, 1.82) is 0 Å². The molecule has 2 rings (SSSR count). The maximum atomic E-state index is 10.8. The minimum Gasteiger partial charge on any atom is -0.476 e. The number of carboxylic acids is 1. The highest BCUT2D eigenvalue weighted by Gasteiger charge is 2.49. The van der Waals surface area contributed by atoms with Crippen molar-refractivity contribution in [2.45, 2.75) is 33.1 Å². The predicted octanol–water partition coefficient (Wildman–Crippen LogP) is 2.52. The molecule has 1 aromatic heterocycles. The van der Waals surface area contributed by atoms with Gasteiger partial charge in [-0.25, -0.2) is 9.78 Å². The Hall–Kier alpha value is -1.32. The normalized spacial score (nSPS) is 25.3. The number of hydrogen-bond acceptors (Lipinski definition) is 3. The fourth-order valence-electron chi connectivity index (χ4n) is 2.12. The summed E-state index contributed by atoms with van der Waals surface area (Å²) in [7, 11) is 0. The number of oxazole rings is 1. The number of hydrogen-bond donors (Lipinski definition) is 1. The molecule has 0 bridgehead atoms. The predicted molar refractivity (Wildman–Crippen MR) is 53.8 cm³/mol. The minimum absolute atomic E-state index is 0.0757. The van der Waals surface area contributed by atoms with Crippen molar-refractivity contribution in [1.82, 2.24) is 4.98 Å². The van der Waals surface area contributed by atoms with E-state index in [-0.39, 0.29) is 17.0 Å². The highest BCUT2D eigenvalue weighted by molar-refractivity contribution is 5.86. The van der Waals surface area contributed by atoms with Gasteiger partial charge < -0.3 is 9.52 Å². The number of rotatable bonds is 2. The van der Waals surface area contributed by atoms with E-state index in [1.54, 1.807) is 0 Å². The molecule has 0 amide bonds. The standard InChI is InChI=1S/C11H15NO3/c1-11(2,3)7-4-6(7)9-8(10(13)14)12-5-15-9/h5-7H,4H2,1-3H3,(H,13,14). The Morgan fingerprint density at radius 2 is 2.27 bits per heavy atom. The van der Waals surface area contributed by atoms with Gasteiger partial charge in [-0.15, -0.1) is 0 Å². The van der Waals surface area contributed by atoms with E-state index in [1.807, 2.05) is 0 Å². The lowest BCUT2D eigenvalue weighted by Gasteiger charge is -2.17. The van der Waals surface area contributed by atoms with Crippen LogP contribution in [0.3, 0.4) is 0 Å². The molecule has 2 atom stereocenters. The molecule has 1 fully saturated rings. The number of nitrogens with zero attached hydrogens (tertiary/aromatic N) is 1. The van der Waals surface area contributed by atoms with Crippen LogP contribution >= 0.6 is 0 Å². The number of carbonyl (C=O) groups is 1. The molecule has 1 aliphatic rings. The molecule has 0 aliphatic heterocycles. The van der Waals surface area contributed by atoms with Gasteiger partial charge in [-0.05, 0) is 17.8 Å². The summed E-state index contributed by atoms with van der Waals surface area (Å²) in [5, 5.41) is 8.90. The molecule has 0 saturated heterocycles. The third kappa shape index (κ3) is 1.76. The van der Waals surface area contributed by atoms with Gasteiger partial charge >= 0.3 is 5.97 Å². The van der Waals surface area contributed by atoms with Crippen LogP contribution in [0.2, 0.25) is 0 Å². The van der Waals surface area contributed by atoms with E-state index < -0.39 is 5.97 Å². The summed E-state index contributed by atoms with van der Waals surface area (Å²) in [4.78, 5) is 14.6. The Balaban J connectivity index is 2.20. The van der Waals surface area contributed by atoms with Crippen LogP contribution in [0.15, 0.2) is 10.8 Å². The second kappa shape index (κ2) is 3.08. The summed E-state index contributed by atoms with van der Waals surface area (Å²) in [6.45, 7) is 6.48. The van der Waals surface area contributed by atoms with Gasteiger partial charge in [0.1, 0.15) is 5.76 Å². The van der Waals surface area contributed by atoms with Crippen LogP contribution in [-0.4, -0.2) is 16.1 Å². The average molecular weight is 209 g/mol. The molecule has 82 valence electrons. The van der Waals surface area contributed by atoms with E-state index in [0.29, 0.717) is 11.7 Å². The Bertz CT molecular complexity index is 389. The van der Waals surface area contributed by atoms with Gasteiger partial charge in [-0.1, -0.05) is 20.8 Å². The molecule has 0 radical (unpaired) electrons. The molecule has 1 aliphatic carbocycles. The van der Waals surface area contributed by atoms with Gasteiger partial charge in [0.05, 0.1) is 0 Å². The van der Waals surface area contributed by atoms with Crippen molar-refractivity contribution in [2.24, 2.45) is 11.3 Å². The fourth-order valence-corrected chi connectivity index (χ4v) is 2.12. The molecule has 4 nitrogen and oxygen atoms in total. The van der Waals surface area contributed by atoms with Crippen LogP contribution in [0.4, 0.5) is 0 Å². The second-order valence-corrected chi connectivity index (χ2v) is 5.19. The van der Waals surface area contributed by atoms with E-state index in [0.717, 1.165) is 6.42 Å². The first-order chi connectivity index (χ1) is 6.91. The summed E-state index contributed by atoms with van der Waals surface area (Å²) in [6, 6.07) is 0. The molecular weight excluding hydrogens is 194 g/mol. The maximum Gasteiger partial charge on any atom is 0.358 e. The van der Waals surface area contributed by atoms with E-state index in [1.165, 1.54) is 6.39 Å². The first-order valence-corrected chi connectivity index (χ1v) is 5.08. The minimum atomic E-state index is -1.00. The molecule has 1 saturated carbocycles. The molecular formula is C11H15NO3. The zero-order valence-corrected chi connectivity index (χ0v) is 9.15. The fraction of sp³-hybridized carbons (Fsp3) is 0.636. The third-order valence-electron chi connectivity index (χ3n) is 3.04. The van der Waals surface area contributed by atoms with Gasteiger partial charge in [0, 0.05) is 5.92 Å². The summed E-state index contributed by atoms with van der Waals surface area (Å²) in [5.41, 5.74) is 0.277. The lowest BCUT2D eigenvalue weighted by Crippen LogP contribution is -2.10. The molecule has 15 heavy (non-hydrogen) atoms. The molecule has 1 N–H and O–H groups in total. The van der Waals surface area contributed by atoms with Crippen LogP contribution < -0.4 is 0 Å². The zero-order valence-electron chi connectivity index (χ0n) is 9.15. The third-order valence-corrected chi connectivity index (χ3v) is 3.04. The van der Waals surface area contributed by atoms with E-state index >= 15 is 0 Å². The van der Waals surface area contributed by atoms with Crippen molar-refractivity contribution in [3.8, 4) is 0 Å². The maximum absolute atomic E-state index is 10.8. The number of aromatic nitrogens is 1. The van der Waals surface area contributed by atoms with Gasteiger partial charge in [-0.2, -0.15) is 0 Å². The molecule has 0 spiro atoms.